The number of halogens is 1. The minimum Gasteiger partial charge on any atom is -0.208 e. The van der Waals surface area contributed by atoms with Gasteiger partial charge >= 0.3 is 0 Å². The van der Waals surface area contributed by atoms with Gasteiger partial charge in [0.05, 0.1) is 0 Å². The summed E-state index contributed by atoms with van der Waals surface area (Å²) in [7, 11) is 0. The fraction of sp³-hybridized carbons (Fsp3) is 0. The zero-order valence-electron chi connectivity index (χ0n) is 15.5. The molecule has 0 bridgehead atoms. The van der Waals surface area contributed by atoms with Gasteiger partial charge in [-0.1, -0.05) is 96.5 Å². The van der Waals surface area contributed by atoms with Gasteiger partial charge in [-0.25, -0.2) is 15.0 Å². The molecule has 0 aliphatic carbocycles. The molecule has 0 saturated carbocycles. The molecule has 0 aliphatic rings. The highest BCUT2D eigenvalue weighted by molar-refractivity contribution is 6.35. The molecule has 3 nitrogen and oxygen atoms in total. The summed E-state index contributed by atoms with van der Waals surface area (Å²) in [5.41, 5.74) is 2.76. The molecule has 0 spiro atoms. The Hall–Kier alpha value is -3.56. The van der Waals surface area contributed by atoms with E-state index in [4.69, 9.17) is 26.6 Å². The first-order chi connectivity index (χ1) is 14.3. The normalized spacial score (nSPS) is 10.9. The van der Waals surface area contributed by atoms with E-state index in [2.05, 4.69) is 6.07 Å². The van der Waals surface area contributed by atoms with E-state index in [0.29, 0.717) is 22.5 Å². The van der Waals surface area contributed by atoms with E-state index in [1.54, 1.807) is 0 Å². The van der Waals surface area contributed by atoms with Crippen molar-refractivity contribution in [2.45, 2.75) is 0 Å². The molecule has 29 heavy (non-hydrogen) atoms. The van der Waals surface area contributed by atoms with E-state index < -0.39 is 0 Å². The molecule has 4 aromatic carbocycles. The molecule has 0 atom stereocenters. The molecule has 0 radical (unpaired) electrons. The molecule has 0 N–H and O–H groups in total. The Morgan fingerprint density at radius 1 is 0.483 bits per heavy atom. The van der Waals surface area contributed by atoms with Crippen molar-refractivity contribution < 1.29 is 0 Å². The summed E-state index contributed by atoms with van der Waals surface area (Å²) in [4.78, 5) is 14.3. The van der Waals surface area contributed by atoms with Crippen LogP contribution in [-0.4, -0.2) is 15.0 Å². The molecule has 5 rings (SSSR count). The van der Waals surface area contributed by atoms with Gasteiger partial charge in [0.1, 0.15) is 0 Å². The first-order valence-corrected chi connectivity index (χ1v) is 9.71. The first kappa shape index (κ1) is 17.5. The van der Waals surface area contributed by atoms with Gasteiger partial charge in [0.25, 0.3) is 0 Å². The summed E-state index contributed by atoms with van der Waals surface area (Å²) in [5.74, 6) is 1.88. The Morgan fingerprint density at radius 2 is 0.966 bits per heavy atom. The van der Waals surface area contributed by atoms with Gasteiger partial charge in [-0.15, -0.1) is 0 Å². The van der Waals surface area contributed by atoms with Gasteiger partial charge in [-0.3, -0.25) is 0 Å². The van der Waals surface area contributed by atoms with Crippen molar-refractivity contribution in [3.8, 4) is 34.2 Å². The number of benzene rings is 4. The third-order valence-corrected chi connectivity index (χ3v) is 5.08. The minimum atomic E-state index is 0.602. The van der Waals surface area contributed by atoms with Crippen LogP contribution in [0.2, 0.25) is 5.02 Å². The van der Waals surface area contributed by atoms with Crippen molar-refractivity contribution in [3.63, 3.8) is 0 Å². The maximum atomic E-state index is 6.55. The van der Waals surface area contributed by atoms with Crippen LogP contribution in [-0.2, 0) is 0 Å². The maximum absolute atomic E-state index is 6.55. The Balaban J connectivity index is 1.74. The van der Waals surface area contributed by atoms with Gasteiger partial charge in [-0.2, -0.15) is 0 Å². The highest BCUT2D eigenvalue weighted by Crippen LogP contribution is 2.31. The Labute approximate surface area is 173 Å². The topological polar surface area (TPSA) is 38.7 Å². The van der Waals surface area contributed by atoms with Crippen LogP contribution in [0.5, 0.6) is 0 Å². The first-order valence-electron chi connectivity index (χ1n) is 9.33. The predicted octanol–water partition coefficient (Wildman–Crippen LogP) is 6.68. The summed E-state index contributed by atoms with van der Waals surface area (Å²) >= 11 is 6.55. The predicted molar refractivity (Wildman–Crippen MR) is 119 cm³/mol. The molecule has 1 aromatic heterocycles. The average Bonchev–Trinajstić information content (AvgIpc) is 2.80. The molecular formula is C25H16ClN3. The van der Waals surface area contributed by atoms with E-state index in [9.17, 15) is 0 Å². The minimum absolute atomic E-state index is 0.602. The summed E-state index contributed by atoms with van der Waals surface area (Å²) in [6, 6.07) is 31.9. The fourth-order valence-electron chi connectivity index (χ4n) is 3.33. The molecular weight excluding hydrogens is 378 g/mol. The highest BCUT2D eigenvalue weighted by atomic mass is 35.5. The number of nitrogens with zero attached hydrogens (tertiary/aromatic N) is 3. The lowest BCUT2D eigenvalue weighted by molar-refractivity contribution is 1.07. The van der Waals surface area contributed by atoms with Crippen LogP contribution in [0.25, 0.3) is 44.9 Å². The molecule has 0 unspecified atom stereocenters. The zero-order chi connectivity index (χ0) is 19.6. The molecule has 4 heteroatoms. The number of rotatable bonds is 3. The van der Waals surface area contributed by atoms with Crippen molar-refractivity contribution >= 4 is 22.4 Å². The van der Waals surface area contributed by atoms with Crippen LogP contribution in [0.15, 0.2) is 97.1 Å². The molecule has 5 aromatic rings. The summed E-state index contributed by atoms with van der Waals surface area (Å²) in [6.07, 6.45) is 0. The fourth-order valence-corrected chi connectivity index (χ4v) is 3.62. The van der Waals surface area contributed by atoms with Crippen LogP contribution in [0.4, 0.5) is 0 Å². The highest BCUT2D eigenvalue weighted by Gasteiger charge is 2.13. The monoisotopic (exact) mass is 393 g/mol. The molecule has 0 saturated heterocycles. The standard InChI is InChI=1S/C25H16ClN3/c26-22-16-20(15-19-13-7-8-14-21(19)22)25-28-23(17-9-3-1-4-10-17)27-24(29-25)18-11-5-2-6-12-18/h1-16H. The van der Waals surface area contributed by atoms with Crippen molar-refractivity contribution in [1.29, 1.82) is 0 Å². The van der Waals surface area contributed by atoms with Gasteiger partial charge in [-0.05, 0) is 17.5 Å². The van der Waals surface area contributed by atoms with Gasteiger partial charge in [0.2, 0.25) is 0 Å². The second-order valence-electron chi connectivity index (χ2n) is 6.72. The number of hydrogen-bond donors (Lipinski definition) is 0. The quantitative estimate of drug-likeness (QED) is 0.343. The van der Waals surface area contributed by atoms with Crippen LogP contribution in [0.3, 0.4) is 0 Å². The van der Waals surface area contributed by atoms with Gasteiger partial charge in [0.15, 0.2) is 17.5 Å². The molecule has 0 amide bonds. The van der Waals surface area contributed by atoms with E-state index >= 15 is 0 Å². The smallest absolute Gasteiger partial charge is 0.164 e. The van der Waals surface area contributed by atoms with Crippen molar-refractivity contribution in [3.05, 3.63) is 102 Å². The Bertz CT molecular complexity index is 1240. The Morgan fingerprint density at radius 3 is 1.55 bits per heavy atom. The van der Waals surface area contributed by atoms with E-state index in [0.717, 1.165) is 27.5 Å². The second-order valence-corrected chi connectivity index (χ2v) is 7.12. The van der Waals surface area contributed by atoms with E-state index in [-0.39, 0.29) is 0 Å². The largest absolute Gasteiger partial charge is 0.208 e. The molecule has 1 heterocycles. The molecule has 138 valence electrons. The molecule has 0 aliphatic heterocycles. The average molecular weight is 394 g/mol. The second kappa shape index (κ2) is 7.46. The van der Waals surface area contributed by atoms with Crippen molar-refractivity contribution in [1.82, 2.24) is 15.0 Å². The van der Waals surface area contributed by atoms with Crippen LogP contribution in [0, 0.1) is 0 Å². The van der Waals surface area contributed by atoms with Crippen LogP contribution >= 0.6 is 11.6 Å². The third kappa shape index (κ3) is 3.48. The summed E-state index contributed by atoms with van der Waals surface area (Å²) in [5, 5.41) is 2.75. The lowest BCUT2D eigenvalue weighted by Gasteiger charge is -2.10. The van der Waals surface area contributed by atoms with Crippen molar-refractivity contribution in [2.75, 3.05) is 0 Å². The van der Waals surface area contributed by atoms with Gasteiger partial charge < -0.3 is 0 Å². The number of aromatic nitrogens is 3. The van der Waals surface area contributed by atoms with E-state index in [1.165, 1.54) is 0 Å². The molecule has 0 fully saturated rings. The lowest BCUT2D eigenvalue weighted by Crippen LogP contribution is -2.00. The summed E-state index contributed by atoms with van der Waals surface area (Å²) in [6.45, 7) is 0. The third-order valence-electron chi connectivity index (χ3n) is 4.77. The van der Waals surface area contributed by atoms with Crippen LogP contribution in [0.1, 0.15) is 0 Å². The maximum Gasteiger partial charge on any atom is 0.164 e. The Kier molecular flexibility index (Phi) is 4.51. The zero-order valence-corrected chi connectivity index (χ0v) is 16.2. The number of fused-ring (bicyclic) bond motifs is 1. The van der Waals surface area contributed by atoms with Gasteiger partial charge in [0, 0.05) is 27.1 Å². The van der Waals surface area contributed by atoms with Crippen molar-refractivity contribution in [2.24, 2.45) is 0 Å². The SMILES string of the molecule is Clc1cc(-c2nc(-c3ccccc3)nc(-c3ccccc3)n2)cc2ccccc12. The van der Waals surface area contributed by atoms with E-state index in [1.807, 2.05) is 91.0 Å². The van der Waals surface area contributed by atoms with Crippen LogP contribution < -0.4 is 0 Å². The number of hydrogen-bond acceptors (Lipinski definition) is 3. The summed E-state index contributed by atoms with van der Waals surface area (Å²) < 4.78 is 0. The lowest BCUT2D eigenvalue weighted by atomic mass is 10.1.